The number of hydrogen-bond acceptors (Lipinski definition) is 3. The van der Waals surface area contributed by atoms with Gasteiger partial charge in [-0.3, -0.25) is 0 Å². The Hall–Kier alpha value is -1.48. The summed E-state index contributed by atoms with van der Waals surface area (Å²) in [5, 5.41) is 3.50. The smallest absolute Gasteiger partial charge is 0.127 e. The summed E-state index contributed by atoms with van der Waals surface area (Å²) >= 11 is 0. The zero-order valence-electron chi connectivity index (χ0n) is 11.1. The van der Waals surface area contributed by atoms with Gasteiger partial charge in [0.25, 0.3) is 0 Å². The van der Waals surface area contributed by atoms with E-state index >= 15 is 0 Å². The maximum absolute atomic E-state index is 5.77. The van der Waals surface area contributed by atoms with Gasteiger partial charge in [-0.1, -0.05) is 18.2 Å². The normalized spacial score (nSPS) is 15.0. The van der Waals surface area contributed by atoms with Crippen LogP contribution >= 0.6 is 0 Å². The Morgan fingerprint density at radius 1 is 1.39 bits per heavy atom. The maximum atomic E-state index is 5.77. The quantitative estimate of drug-likeness (QED) is 0.751. The first-order chi connectivity index (χ1) is 8.83. The number of nitrogens with one attached hydrogen (secondary N) is 1. The molecule has 0 saturated heterocycles. The first kappa shape index (κ1) is 13.0. The molecule has 3 nitrogen and oxygen atoms in total. The average molecular weight is 247 g/mol. The molecule has 0 aromatic heterocycles. The van der Waals surface area contributed by atoms with Crippen LogP contribution in [0.25, 0.3) is 0 Å². The fourth-order valence-corrected chi connectivity index (χ4v) is 1.72. The van der Waals surface area contributed by atoms with Crippen molar-refractivity contribution in [3.05, 3.63) is 35.9 Å². The van der Waals surface area contributed by atoms with E-state index in [-0.39, 0.29) is 0 Å². The van der Waals surface area contributed by atoms with Crippen molar-refractivity contribution in [3.8, 4) is 11.5 Å². The molecule has 1 fully saturated rings. The fourth-order valence-electron chi connectivity index (χ4n) is 1.72. The molecule has 0 atom stereocenters. The van der Waals surface area contributed by atoms with Gasteiger partial charge in [0.2, 0.25) is 0 Å². The molecule has 1 saturated carbocycles. The van der Waals surface area contributed by atoms with Crippen LogP contribution in [0.5, 0.6) is 11.5 Å². The van der Waals surface area contributed by atoms with Gasteiger partial charge in [0.15, 0.2) is 0 Å². The summed E-state index contributed by atoms with van der Waals surface area (Å²) in [5.74, 6) is 1.74. The van der Waals surface area contributed by atoms with Crippen LogP contribution in [0, 0.1) is 0 Å². The number of benzene rings is 1. The van der Waals surface area contributed by atoms with E-state index in [1.807, 2.05) is 31.2 Å². The molecule has 0 spiro atoms. The van der Waals surface area contributed by atoms with E-state index in [4.69, 9.17) is 9.47 Å². The molecule has 0 bridgehead atoms. The summed E-state index contributed by atoms with van der Waals surface area (Å²) in [6, 6.07) is 6.70. The first-order valence-corrected chi connectivity index (χ1v) is 6.47. The molecule has 0 amide bonds. The molecular formula is C15H21NO2. The van der Waals surface area contributed by atoms with Crippen molar-refractivity contribution in [1.82, 2.24) is 5.32 Å². The summed E-state index contributed by atoms with van der Waals surface area (Å²) in [6.07, 6.45) is 6.58. The Morgan fingerprint density at radius 2 is 2.22 bits per heavy atom. The van der Waals surface area contributed by atoms with Crippen LogP contribution in [0.1, 0.15) is 25.3 Å². The Morgan fingerprint density at radius 3 is 2.89 bits per heavy atom. The highest BCUT2D eigenvalue weighted by Gasteiger charge is 2.20. The van der Waals surface area contributed by atoms with E-state index in [0.29, 0.717) is 12.6 Å². The number of hydrogen-bond donors (Lipinski definition) is 1. The predicted octanol–water partition coefficient (Wildman–Crippen LogP) is 2.90. The van der Waals surface area contributed by atoms with Gasteiger partial charge in [-0.2, -0.15) is 0 Å². The van der Waals surface area contributed by atoms with Crippen LogP contribution in [-0.4, -0.2) is 19.8 Å². The molecule has 2 rings (SSSR count). The van der Waals surface area contributed by atoms with Gasteiger partial charge in [0.05, 0.1) is 7.11 Å². The van der Waals surface area contributed by atoms with E-state index in [0.717, 1.165) is 18.0 Å². The van der Waals surface area contributed by atoms with Crippen molar-refractivity contribution < 1.29 is 9.47 Å². The van der Waals surface area contributed by atoms with Crippen LogP contribution in [0.2, 0.25) is 0 Å². The Labute approximate surface area is 109 Å². The second kappa shape index (κ2) is 6.45. The third-order valence-electron chi connectivity index (χ3n) is 3.00. The first-order valence-electron chi connectivity index (χ1n) is 6.47. The van der Waals surface area contributed by atoms with Gasteiger partial charge in [-0.15, -0.1) is 0 Å². The van der Waals surface area contributed by atoms with Crippen LogP contribution in [0.3, 0.4) is 0 Å². The van der Waals surface area contributed by atoms with E-state index in [1.54, 1.807) is 7.11 Å². The highest BCUT2D eigenvalue weighted by Crippen LogP contribution is 2.26. The Balaban J connectivity index is 2.03. The predicted molar refractivity (Wildman–Crippen MR) is 73.2 cm³/mol. The average Bonchev–Trinajstić information content (AvgIpc) is 3.21. The highest BCUT2D eigenvalue weighted by atomic mass is 16.5. The minimum atomic E-state index is 0.597. The monoisotopic (exact) mass is 247 g/mol. The topological polar surface area (TPSA) is 30.5 Å². The zero-order chi connectivity index (χ0) is 12.8. The molecule has 0 unspecified atom stereocenters. The molecular weight excluding hydrogens is 226 g/mol. The lowest BCUT2D eigenvalue weighted by Crippen LogP contribution is -2.16. The lowest BCUT2D eigenvalue weighted by atomic mass is 10.2. The zero-order valence-corrected chi connectivity index (χ0v) is 11.1. The summed E-state index contributed by atoms with van der Waals surface area (Å²) in [4.78, 5) is 0. The maximum Gasteiger partial charge on any atom is 0.127 e. The van der Waals surface area contributed by atoms with E-state index < -0.39 is 0 Å². The number of allylic oxidation sites excluding steroid dienone is 1. The molecule has 1 aliphatic carbocycles. The molecule has 1 aromatic rings. The lowest BCUT2D eigenvalue weighted by molar-refractivity contribution is 0.351. The number of rotatable bonds is 7. The standard InChI is InChI=1S/C15H21NO2/c1-3-4-9-18-15-10-14(17-2)8-5-12(15)11-16-13-6-7-13/h3-5,8,10,13,16H,6-7,9,11H2,1-2H3. The number of methoxy groups -OCH3 is 1. The molecule has 98 valence electrons. The van der Waals surface area contributed by atoms with Gasteiger partial charge < -0.3 is 14.8 Å². The summed E-state index contributed by atoms with van der Waals surface area (Å²) in [6.45, 7) is 3.45. The van der Waals surface area contributed by atoms with Crippen molar-refractivity contribution in [2.24, 2.45) is 0 Å². The minimum Gasteiger partial charge on any atom is -0.497 e. The van der Waals surface area contributed by atoms with Crippen molar-refractivity contribution in [2.45, 2.75) is 32.4 Å². The third kappa shape index (κ3) is 3.77. The van der Waals surface area contributed by atoms with Crippen LogP contribution < -0.4 is 14.8 Å². The highest BCUT2D eigenvalue weighted by molar-refractivity contribution is 5.41. The van der Waals surface area contributed by atoms with Crippen molar-refractivity contribution >= 4 is 0 Å². The van der Waals surface area contributed by atoms with Gasteiger partial charge >= 0.3 is 0 Å². The number of ether oxygens (including phenoxy) is 2. The largest absolute Gasteiger partial charge is 0.497 e. The molecule has 1 aliphatic rings. The minimum absolute atomic E-state index is 0.597. The molecule has 18 heavy (non-hydrogen) atoms. The van der Waals surface area contributed by atoms with E-state index in [1.165, 1.54) is 18.4 Å². The summed E-state index contributed by atoms with van der Waals surface area (Å²) in [5.41, 5.74) is 1.19. The Kier molecular flexibility index (Phi) is 4.65. The summed E-state index contributed by atoms with van der Waals surface area (Å²) in [7, 11) is 1.67. The molecule has 1 N–H and O–H groups in total. The third-order valence-corrected chi connectivity index (χ3v) is 3.00. The van der Waals surface area contributed by atoms with Gasteiger partial charge in [0, 0.05) is 24.2 Å². The van der Waals surface area contributed by atoms with Crippen molar-refractivity contribution in [1.29, 1.82) is 0 Å². The van der Waals surface area contributed by atoms with Gasteiger partial charge in [-0.05, 0) is 25.8 Å². The molecule has 0 heterocycles. The van der Waals surface area contributed by atoms with Gasteiger partial charge in [-0.25, -0.2) is 0 Å². The fraction of sp³-hybridized carbons (Fsp3) is 0.467. The second-order valence-corrected chi connectivity index (χ2v) is 4.51. The van der Waals surface area contributed by atoms with Crippen molar-refractivity contribution in [3.63, 3.8) is 0 Å². The van der Waals surface area contributed by atoms with Crippen LogP contribution in [0.15, 0.2) is 30.4 Å². The van der Waals surface area contributed by atoms with E-state index in [9.17, 15) is 0 Å². The molecule has 0 aliphatic heterocycles. The SMILES string of the molecule is CC=CCOc1cc(OC)ccc1CNC1CC1. The van der Waals surface area contributed by atoms with E-state index in [2.05, 4.69) is 11.4 Å². The second-order valence-electron chi connectivity index (χ2n) is 4.51. The van der Waals surface area contributed by atoms with Gasteiger partial charge in [0.1, 0.15) is 18.1 Å². The van der Waals surface area contributed by atoms with Crippen molar-refractivity contribution in [2.75, 3.05) is 13.7 Å². The van der Waals surface area contributed by atoms with Crippen LogP contribution in [0.4, 0.5) is 0 Å². The summed E-state index contributed by atoms with van der Waals surface area (Å²) < 4.78 is 11.0. The molecule has 1 aromatic carbocycles. The van der Waals surface area contributed by atoms with Crippen LogP contribution in [-0.2, 0) is 6.54 Å². The lowest BCUT2D eigenvalue weighted by Gasteiger charge is -2.12. The molecule has 0 radical (unpaired) electrons. The Bertz CT molecular complexity index is 411. The molecule has 3 heteroatoms.